The summed E-state index contributed by atoms with van der Waals surface area (Å²) >= 11 is 0. The highest BCUT2D eigenvalue weighted by molar-refractivity contribution is 4.79. The van der Waals surface area contributed by atoms with Crippen molar-refractivity contribution in [3.8, 4) is 0 Å². The first-order valence-electron chi connectivity index (χ1n) is 6.78. The number of aliphatic hydroxyl groups is 1. The minimum absolute atomic E-state index is 0.265. The number of nitrogens with zero attached hydrogens (tertiary/aromatic N) is 1. The lowest BCUT2D eigenvalue weighted by Gasteiger charge is -2.25. The number of hydrogen-bond donors (Lipinski definition) is 2. The van der Waals surface area contributed by atoms with Crippen LogP contribution in [-0.2, 0) is 0 Å². The van der Waals surface area contributed by atoms with Gasteiger partial charge in [0.25, 0.3) is 0 Å². The second kappa shape index (κ2) is 7.25. The summed E-state index contributed by atoms with van der Waals surface area (Å²) in [6.07, 6.45) is 4.76. The lowest BCUT2D eigenvalue weighted by molar-refractivity contribution is 0.214. The minimum atomic E-state index is 0.265. The second-order valence-corrected chi connectivity index (χ2v) is 5.21. The SMILES string of the molecule is CC[C@@H](CO)NC1CCCN(C(C)C)CC1. The van der Waals surface area contributed by atoms with Crippen LogP contribution in [0, 0.1) is 0 Å². The Hall–Kier alpha value is -0.120. The Morgan fingerprint density at radius 1 is 1.31 bits per heavy atom. The molecule has 1 aliphatic rings. The molecule has 0 aromatic heterocycles. The first-order chi connectivity index (χ1) is 7.67. The van der Waals surface area contributed by atoms with Crippen LogP contribution in [0.4, 0.5) is 0 Å². The van der Waals surface area contributed by atoms with E-state index in [1.165, 1.54) is 32.4 Å². The van der Waals surface area contributed by atoms with Gasteiger partial charge in [0, 0.05) is 18.1 Å². The van der Waals surface area contributed by atoms with Crippen molar-refractivity contribution in [3.05, 3.63) is 0 Å². The molecule has 16 heavy (non-hydrogen) atoms. The number of hydrogen-bond acceptors (Lipinski definition) is 3. The maximum absolute atomic E-state index is 9.19. The molecule has 0 spiro atoms. The number of nitrogens with one attached hydrogen (secondary N) is 1. The monoisotopic (exact) mass is 228 g/mol. The van der Waals surface area contributed by atoms with Crippen LogP contribution in [0.5, 0.6) is 0 Å². The zero-order valence-electron chi connectivity index (χ0n) is 11.1. The summed E-state index contributed by atoms with van der Waals surface area (Å²) in [5.41, 5.74) is 0. The van der Waals surface area contributed by atoms with Gasteiger partial charge in [0.05, 0.1) is 6.61 Å². The van der Waals surface area contributed by atoms with E-state index in [0.29, 0.717) is 12.1 Å². The van der Waals surface area contributed by atoms with Crippen LogP contribution in [0.3, 0.4) is 0 Å². The van der Waals surface area contributed by atoms with Gasteiger partial charge < -0.3 is 15.3 Å². The summed E-state index contributed by atoms with van der Waals surface area (Å²) in [5.74, 6) is 0. The van der Waals surface area contributed by atoms with Gasteiger partial charge in [-0.25, -0.2) is 0 Å². The van der Waals surface area contributed by atoms with Crippen molar-refractivity contribution >= 4 is 0 Å². The number of aliphatic hydroxyl groups excluding tert-OH is 1. The van der Waals surface area contributed by atoms with Crippen molar-refractivity contribution in [2.45, 2.75) is 64.6 Å². The summed E-state index contributed by atoms with van der Waals surface area (Å²) in [5, 5.41) is 12.8. The van der Waals surface area contributed by atoms with Crippen LogP contribution in [0.2, 0.25) is 0 Å². The van der Waals surface area contributed by atoms with Crippen LogP contribution in [0.1, 0.15) is 46.5 Å². The normalized spacial score (nSPS) is 25.7. The molecular formula is C13H28N2O. The molecule has 1 fully saturated rings. The zero-order chi connectivity index (χ0) is 12.0. The van der Waals surface area contributed by atoms with Crippen molar-refractivity contribution in [2.75, 3.05) is 19.7 Å². The molecule has 1 aliphatic heterocycles. The highest BCUT2D eigenvalue weighted by Crippen LogP contribution is 2.14. The summed E-state index contributed by atoms with van der Waals surface area (Å²) in [7, 11) is 0. The zero-order valence-corrected chi connectivity index (χ0v) is 11.1. The fourth-order valence-electron chi connectivity index (χ4n) is 2.43. The lowest BCUT2D eigenvalue weighted by Crippen LogP contribution is -2.41. The van der Waals surface area contributed by atoms with Crippen molar-refractivity contribution in [2.24, 2.45) is 0 Å². The van der Waals surface area contributed by atoms with Crippen molar-refractivity contribution in [1.29, 1.82) is 0 Å². The van der Waals surface area contributed by atoms with Crippen molar-refractivity contribution in [1.82, 2.24) is 10.2 Å². The topological polar surface area (TPSA) is 35.5 Å². The summed E-state index contributed by atoms with van der Waals surface area (Å²) in [6.45, 7) is 9.36. The summed E-state index contributed by atoms with van der Waals surface area (Å²) in [4.78, 5) is 2.56. The van der Waals surface area contributed by atoms with Crippen molar-refractivity contribution < 1.29 is 5.11 Å². The van der Waals surface area contributed by atoms with Gasteiger partial charge >= 0.3 is 0 Å². The van der Waals surface area contributed by atoms with E-state index < -0.39 is 0 Å². The van der Waals surface area contributed by atoms with E-state index >= 15 is 0 Å². The smallest absolute Gasteiger partial charge is 0.0584 e. The maximum atomic E-state index is 9.19. The van der Waals surface area contributed by atoms with Crippen LogP contribution < -0.4 is 5.32 Å². The summed E-state index contributed by atoms with van der Waals surface area (Å²) < 4.78 is 0. The molecule has 1 saturated heterocycles. The van der Waals surface area contributed by atoms with Gasteiger partial charge in [-0.3, -0.25) is 0 Å². The Bertz CT molecular complexity index is 181. The average Bonchev–Trinajstić information content (AvgIpc) is 2.51. The van der Waals surface area contributed by atoms with E-state index in [-0.39, 0.29) is 12.6 Å². The predicted octanol–water partition coefficient (Wildman–Crippen LogP) is 1.61. The third kappa shape index (κ3) is 4.40. The van der Waals surface area contributed by atoms with Gasteiger partial charge in [-0.15, -0.1) is 0 Å². The highest BCUT2D eigenvalue weighted by Gasteiger charge is 2.19. The van der Waals surface area contributed by atoms with Crippen LogP contribution >= 0.6 is 0 Å². The molecule has 0 saturated carbocycles. The van der Waals surface area contributed by atoms with Gasteiger partial charge in [-0.2, -0.15) is 0 Å². The van der Waals surface area contributed by atoms with Gasteiger partial charge in [0.1, 0.15) is 0 Å². The third-order valence-corrected chi connectivity index (χ3v) is 3.68. The lowest BCUT2D eigenvalue weighted by atomic mass is 10.1. The highest BCUT2D eigenvalue weighted by atomic mass is 16.3. The molecule has 0 aromatic rings. The van der Waals surface area contributed by atoms with E-state index in [2.05, 4.69) is 31.0 Å². The van der Waals surface area contributed by atoms with E-state index in [1.807, 2.05) is 0 Å². The molecule has 1 heterocycles. The molecule has 2 N–H and O–H groups in total. The van der Waals surface area contributed by atoms with Crippen LogP contribution in [0.25, 0.3) is 0 Å². The van der Waals surface area contributed by atoms with Gasteiger partial charge in [0.2, 0.25) is 0 Å². The Morgan fingerprint density at radius 2 is 2.06 bits per heavy atom. The Kier molecular flexibility index (Phi) is 6.32. The van der Waals surface area contributed by atoms with E-state index in [9.17, 15) is 5.11 Å². The average molecular weight is 228 g/mol. The Morgan fingerprint density at radius 3 is 2.62 bits per heavy atom. The molecule has 0 radical (unpaired) electrons. The second-order valence-electron chi connectivity index (χ2n) is 5.21. The Balaban J connectivity index is 2.35. The molecule has 3 heteroatoms. The molecule has 0 aliphatic carbocycles. The molecule has 2 atom stereocenters. The van der Waals surface area contributed by atoms with Gasteiger partial charge in [-0.05, 0) is 52.6 Å². The molecule has 96 valence electrons. The fourth-order valence-corrected chi connectivity index (χ4v) is 2.43. The van der Waals surface area contributed by atoms with Crippen molar-refractivity contribution in [3.63, 3.8) is 0 Å². The quantitative estimate of drug-likeness (QED) is 0.750. The van der Waals surface area contributed by atoms with E-state index in [0.717, 1.165) is 6.42 Å². The van der Waals surface area contributed by atoms with E-state index in [1.54, 1.807) is 0 Å². The van der Waals surface area contributed by atoms with Crippen LogP contribution in [0.15, 0.2) is 0 Å². The number of likely N-dealkylation sites (tertiary alicyclic amines) is 1. The molecule has 0 bridgehead atoms. The van der Waals surface area contributed by atoms with Gasteiger partial charge in [-0.1, -0.05) is 6.92 Å². The first kappa shape index (κ1) is 13.9. The predicted molar refractivity (Wildman–Crippen MR) is 68.6 cm³/mol. The molecular weight excluding hydrogens is 200 g/mol. The Labute approximate surface area is 100 Å². The number of rotatable bonds is 5. The molecule has 0 aromatic carbocycles. The molecule has 1 unspecified atom stereocenters. The maximum Gasteiger partial charge on any atom is 0.0584 e. The first-order valence-corrected chi connectivity index (χ1v) is 6.78. The summed E-state index contributed by atoms with van der Waals surface area (Å²) in [6, 6.07) is 1.55. The third-order valence-electron chi connectivity index (χ3n) is 3.68. The fraction of sp³-hybridized carbons (Fsp3) is 1.00. The molecule has 0 amide bonds. The molecule has 1 rings (SSSR count). The largest absolute Gasteiger partial charge is 0.395 e. The van der Waals surface area contributed by atoms with Gasteiger partial charge in [0.15, 0.2) is 0 Å². The minimum Gasteiger partial charge on any atom is -0.395 e. The van der Waals surface area contributed by atoms with E-state index in [4.69, 9.17) is 0 Å². The molecule has 3 nitrogen and oxygen atoms in total. The standard InChI is InChI=1S/C13H28N2O/c1-4-12(10-16)14-13-6-5-8-15(9-7-13)11(2)3/h11-14,16H,4-10H2,1-3H3/t12-,13?/m0/s1. The van der Waals surface area contributed by atoms with Crippen LogP contribution in [-0.4, -0.2) is 47.8 Å².